The average molecular weight is 411 g/mol. The zero-order valence-electron chi connectivity index (χ0n) is 18.7. The summed E-state index contributed by atoms with van der Waals surface area (Å²) >= 11 is 0. The Hall–Kier alpha value is -2.36. The first-order valence-electron chi connectivity index (χ1n) is 9.87. The molecule has 10 heteroatoms. The molecule has 0 aromatic carbocycles. The predicted octanol–water partition coefficient (Wildman–Crippen LogP) is 1.85. The van der Waals surface area contributed by atoms with E-state index >= 15 is 0 Å². The molecule has 2 N–H and O–H groups in total. The SMILES string of the molecule is CN=C(NCCc1nc(C)no1)NCC1C(C)OC(C)(C)N1C(=O)OC(C)(C)C. The first-order chi connectivity index (χ1) is 13.4. The van der Waals surface area contributed by atoms with Crippen molar-refractivity contribution in [2.24, 2.45) is 4.99 Å². The van der Waals surface area contributed by atoms with Crippen LogP contribution in [0.2, 0.25) is 0 Å². The molecule has 164 valence electrons. The van der Waals surface area contributed by atoms with E-state index in [1.54, 1.807) is 18.9 Å². The van der Waals surface area contributed by atoms with Crippen molar-refractivity contribution < 1.29 is 18.8 Å². The molecule has 2 rings (SSSR count). The summed E-state index contributed by atoms with van der Waals surface area (Å²) < 4.78 is 16.7. The van der Waals surface area contributed by atoms with Crippen LogP contribution < -0.4 is 10.6 Å². The summed E-state index contributed by atoms with van der Waals surface area (Å²) in [4.78, 5) is 22.9. The largest absolute Gasteiger partial charge is 0.444 e. The zero-order chi connectivity index (χ0) is 21.8. The Balaban J connectivity index is 1.95. The number of ether oxygens (including phenoxy) is 2. The Bertz CT molecular complexity index is 725. The number of aromatic nitrogens is 2. The quantitative estimate of drug-likeness (QED) is 0.558. The third-order valence-electron chi connectivity index (χ3n) is 4.42. The van der Waals surface area contributed by atoms with E-state index < -0.39 is 17.4 Å². The number of guanidine groups is 1. The summed E-state index contributed by atoms with van der Waals surface area (Å²) in [5, 5.41) is 10.2. The molecular weight excluding hydrogens is 376 g/mol. The molecule has 0 aliphatic carbocycles. The minimum absolute atomic E-state index is 0.163. The molecule has 1 amide bonds. The Kier molecular flexibility index (Phi) is 7.10. The maximum absolute atomic E-state index is 12.8. The van der Waals surface area contributed by atoms with Gasteiger partial charge < -0.3 is 24.6 Å². The Labute approximate surface area is 172 Å². The molecule has 1 saturated heterocycles. The van der Waals surface area contributed by atoms with Crippen LogP contribution in [0.15, 0.2) is 9.52 Å². The number of carbonyl (C=O) groups excluding carboxylic acids is 1. The first kappa shape index (κ1) is 22.9. The number of hydrogen-bond donors (Lipinski definition) is 2. The topological polar surface area (TPSA) is 114 Å². The van der Waals surface area contributed by atoms with E-state index in [9.17, 15) is 4.79 Å². The molecule has 0 saturated carbocycles. The summed E-state index contributed by atoms with van der Waals surface area (Å²) in [6, 6.07) is -0.211. The Morgan fingerprint density at radius 3 is 2.59 bits per heavy atom. The molecule has 2 heterocycles. The molecule has 2 atom stereocenters. The van der Waals surface area contributed by atoms with Gasteiger partial charge in [0, 0.05) is 26.6 Å². The lowest BCUT2D eigenvalue weighted by molar-refractivity contribution is -0.0755. The van der Waals surface area contributed by atoms with Crippen molar-refractivity contribution in [2.45, 2.75) is 78.4 Å². The Morgan fingerprint density at radius 2 is 2.03 bits per heavy atom. The third-order valence-corrected chi connectivity index (χ3v) is 4.42. The van der Waals surface area contributed by atoms with Crippen molar-refractivity contribution in [1.29, 1.82) is 0 Å². The molecular formula is C19H34N6O4. The fourth-order valence-corrected chi connectivity index (χ4v) is 3.27. The molecule has 1 fully saturated rings. The van der Waals surface area contributed by atoms with Gasteiger partial charge in [0.2, 0.25) is 5.89 Å². The molecule has 0 spiro atoms. The van der Waals surface area contributed by atoms with Crippen LogP contribution in [0.5, 0.6) is 0 Å². The standard InChI is InChI=1S/C19H34N6O4/c1-12-14(25(19(6,7)27-12)17(26)28-18(3,4)5)11-22-16(20-8)21-10-9-15-23-13(2)24-29-15/h12,14H,9-11H2,1-8H3,(H2,20,21,22). The summed E-state index contributed by atoms with van der Waals surface area (Å²) in [5.74, 6) is 1.80. The fourth-order valence-electron chi connectivity index (χ4n) is 3.27. The van der Waals surface area contributed by atoms with Crippen LogP contribution in [0.4, 0.5) is 4.79 Å². The molecule has 0 bridgehead atoms. The molecule has 2 unspecified atom stereocenters. The van der Waals surface area contributed by atoms with E-state index in [1.165, 1.54) is 0 Å². The second-order valence-corrected chi connectivity index (χ2v) is 8.55. The number of nitrogens with zero attached hydrogens (tertiary/aromatic N) is 4. The smallest absolute Gasteiger partial charge is 0.412 e. The molecule has 10 nitrogen and oxygen atoms in total. The summed E-state index contributed by atoms with van der Waals surface area (Å²) in [7, 11) is 1.69. The highest BCUT2D eigenvalue weighted by molar-refractivity contribution is 5.79. The monoisotopic (exact) mass is 410 g/mol. The number of carbonyl (C=O) groups is 1. The van der Waals surface area contributed by atoms with Crippen LogP contribution in [0.25, 0.3) is 0 Å². The van der Waals surface area contributed by atoms with Crippen molar-refractivity contribution in [2.75, 3.05) is 20.1 Å². The normalized spacial score (nSPS) is 21.9. The van der Waals surface area contributed by atoms with Gasteiger partial charge in [0.25, 0.3) is 0 Å². The lowest BCUT2D eigenvalue weighted by Gasteiger charge is -2.35. The van der Waals surface area contributed by atoms with Gasteiger partial charge in [-0.25, -0.2) is 4.79 Å². The highest BCUT2D eigenvalue weighted by Crippen LogP contribution is 2.33. The third kappa shape index (κ3) is 6.31. The van der Waals surface area contributed by atoms with Crippen molar-refractivity contribution in [1.82, 2.24) is 25.7 Å². The van der Waals surface area contributed by atoms with Crippen molar-refractivity contribution >= 4 is 12.1 Å². The van der Waals surface area contributed by atoms with Crippen molar-refractivity contribution in [3.05, 3.63) is 11.7 Å². The second kappa shape index (κ2) is 8.98. The van der Waals surface area contributed by atoms with Crippen LogP contribution in [-0.2, 0) is 15.9 Å². The van der Waals surface area contributed by atoms with E-state index in [4.69, 9.17) is 14.0 Å². The lowest BCUT2D eigenvalue weighted by Crippen LogP contribution is -2.54. The molecule has 1 aromatic rings. The van der Waals surface area contributed by atoms with E-state index in [2.05, 4.69) is 25.8 Å². The maximum atomic E-state index is 12.8. The van der Waals surface area contributed by atoms with Crippen LogP contribution in [0, 0.1) is 6.92 Å². The van der Waals surface area contributed by atoms with Crippen molar-refractivity contribution in [3.63, 3.8) is 0 Å². The van der Waals surface area contributed by atoms with Gasteiger partial charge in [0.05, 0.1) is 12.1 Å². The highest BCUT2D eigenvalue weighted by atomic mass is 16.6. The predicted molar refractivity (Wildman–Crippen MR) is 109 cm³/mol. The number of hydrogen-bond acceptors (Lipinski definition) is 7. The summed E-state index contributed by atoms with van der Waals surface area (Å²) in [5.41, 5.74) is -1.34. The van der Waals surface area contributed by atoms with Gasteiger partial charge in [0.15, 0.2) is 11.8 Å². The van der Waals surface area contributed by atoms with E-state index in [0.717, 1.165) is 0 Å². The van der Waals surface area contributed by atoms with E-state index in [0.29, 0.717) is 37.2 Å². The number of nitrogens with one attached hydrogen (secondary N) is 2. The van der Waals surface area contributed by atoms with E-state index in [-0.39, 0.29) is 12.1 Å². The minimum Gasteiger partial charge on any atom is -0.444 e. The van der Waals surface area contributed by atoms with E-state index in [1.807, 2.05) is 41.5 Å². The lowest BCUT2D eigenvalue weighted by atomic mass is 10.1. The molecule has 1 aliphatic rings. The number of aryl methyl sites for hydroxylation is 1. The molecule has 29 heavy (non-hydrogen) atoms. The van der Waals surface area contributed by atoms with Crippen LogP contribution in [-0.4, -0.2) is 70.7 Å². The van der Waals surface area contributed by atoms with Crippen LogP contribution >= 0.6 is 0 Å². The van der Waals surface area contributed by atoms with Crippen LogP contribution in [0.3, 0.4) is 0 Å². The van der Waals surface area contributed by atoms with Gasteiger partial charge in [-0.1, -0.05) is 5.16 Å². The summed E-state index contributed by atoms with van der Waals surface area (Å²) in [6.07, 6.45) is 0.0273. The van der Waals surface area contributed by atoms with Gasteiger partial charge in [-0.2, -0.15) is 4.98 Å². The number of amides is 1. The zero-order valence-corrected chi connectivity index (χ0v) is 18.7. The average Bonchev–Trinajstić information content (AvgIpc) is 3.08. The molecule has 0 radical (unpaired) electrons. The van der Waals surface area contributed by atoms with Gasteiger partial charge in [-0.3, -0.25) is 9.89 Å². The van der Waals surface area contributed by atoms with Gasteiger partial charge >= 0.3 is 6.09 Å². The second-order valence-electron chi connectivity index (χ2n) is 8.55. The number of rotatable bonds is 5. The fraction of sp³-hybridized carbons (Fsp3) is 0.789. The molecule has 1 aliphatic heterocycles. The van der Waals surface area contributed by atoms with Gasteiger partial charge in [-0.15, -0.1) is 0 Å². The highest BCUT2D eigenvalue weighted by Gasteiger charge is 2.49. The van der Waals surface area contributed by atoms with Gasteiger partial charge in [0.1, 0.15) is 11.3 Å². The van der Waals surface area contributed by atoms with Gasteiger partial charge in [-0.05, 0) is 48.5 Å². The molecule has 1 aromatic heterocycles. The summed E-state index contributed by atoms with van der Waals surface area (Å²) in [6.45, 7) is 14.1. The first-order valence-corrected chi connectivity index (χ1v) is 9.87. The minimum atomic E-state index is -0.763. The van der Waals surface area contributed by atoms with Crippen LogP contribution in [0.1, 0.15) is 53.3 Å². The van der Waals surface area contributed by atoms with Crippen molar-refractivity contribution in [3.8, 4) is 0 Å². The maximum Gasteiger partial charge on any atom is 0.412 e. The number of aliphatic imine (C=N–C) groups is 1. The Morgan fingerprint density at radius 1 is 1.34 bits per heavy atom.